The number of hydrogen-bond acceptors (Lipinski definition) is 5. The topological polar surface area (TPSA) is 81.9 Å². The number of nitrogens with zero attached hydrogens (tertiary/aromatic N) is 4. The van der Waals surface area contributed by atoms with Crippen LogP contribution in [0.5, 0.6) is 6.01 Å². The maximum atomic E-state index is 12.6. The average molecular weight is 398 g/mol. The first-order valence-corrected chi connectivity index (χ1v) is 9.60. The van der Waals surface area contributed by atoms with Crippen molar-refractivity contribution in [3.05, 3.63) is 65.7 Å². The largest absolute Gasteiger partial charge is 0.460 e. The van der Waals surface area contributed by atoms with E-state index in [4.69, 9.17) is 16.3 Å². The highest BCUT2D eigenvalue weighted by molar-refractivity contribution is 6.30. The van der Waals surface area contributed by atoms with Gasteiger partial charge >= 0.3 is 6.01 Å². The molecule has 144 valence electrons. The minimum atomic E-state index is -0.0700. The molecule has 2 aromatic heterocycles. The standard InChI is InChI=1S/C20H20ClN5O2/c21-15-12-22-20(23-13-15)28-18-7-5-16(6-8-18)25-19(27)14-3-1-4-17(11-14)26-10-2-9-24-26/h1-4,9-13,16,18H,5-8H2,(H,25,27). The van der Waals surface area contributed by atoms with Gasteiger partial charge in [0.15, 0.2) is 0 Å². The number of benzene rings is 1. The van der Waals surface area contributed by atoms with Crippen molar-refractivity contribution in [2.75, 3.05) is 0 Å². The SMILES string of the molecule is O=C(NC1CCC(Oc2ncc(Cl)cn2)CC1)c1cccc(-n2cccn2)c1. The highest BCUT2D eigenvalue weighted by atomic mass is 35.5. The molecule has 0 bridgehead atoms. The van der Waals surface area contributed by atoms with Crippen molar-refractivity contribution < 1.29 is 9.53 Å². The number of amides is 1. The van der Waals surface area contributed by atoms with Crippen LogP contribution in [0, 0.1) is 0 Å². The van der Waals surface area contributed by atoms with Gasteiger partial charge in [-0.2, -0.15) is 5.10 Å². The van der Waals surface area contributed by atoms with Crippen LogP contribution >= 0.6 is 11.6 Å². The van der Waals surface area contributed by atoms with Crippen molar-refractivity contribution >= 4 is 17.5 Å². The number of halogens is 1. The maximum Gasteiger partial charge on any atom is 0.316 e. The van der Waals surface area contributed by atoms with Gasteiger partial charge in [-0.15, -0.1) is 0 Å². The summed E-state index contributed by atoms with van der Waals surface area (Å²) in [5, 5.41) is 7.81. The molecular formula is C20H20ClN5O2. The Kier molecular flexibility index (Phi) is 5.53. The predicted octanol–water partition coefficient (Wildman–Crippen LogP) is 3.44. The molecule has 1 saturated carbocycles. The van der Waals surface area contributed by atoms with Crippen LogP contribution in [0.2, 0.25) is 5.02 Å². The lowest BCUT2D eigenvalue weighted by Crippen LogP contribution is -2.39. The van der Waals surface area contributed by atoms with Crippen LogP contribution in [0.1, 0.15) is 36.0 Å². The lowest BCUT2D eigenvalue weighted by molar-refractivity contribution is 0.0885. The summed E-state index contributed by atoms with van der Waals surface area (Å²) in [6.07, 6.45) is 10.0. The second-order valence-corrected chi connectivity index (χ2v) is 7.19. The number of hydrogen-bond donors (Lipinski definition) is 1. The van der Waals surface area contributed by atoms with E-state index < -0.39 is 0 Å². The molecule has 1 amide bonds. The van der Waals surface area contributed by atoms with E-state index in [9.17, 15) is 4.79 Å². The van der Waals surface area contributed by atoms with E-state index in [1.165, 1.54) is 12.4 Å². The van der Waals surface area contributed by atoms with Crippen molar-refractivity contribution in [3.63, 3.8) is 0 Å². The molecule has 1 N–H and O–H groups in total. The monoisotopic (exact) mass is 397 g/mol. The van der Waals surface area contributed by atoms with Crippen molar-refractivity contribution in [2.24, 2.45) is 0 Å². The number of carbonyl (C=O) groups excluding carboxylic acids is 1. The third-order valence-corrected chi connectivity index (χ3v) is 4.95. The van der Waals surface area contributed by atoms with E-state index in [0.29, 0.717) is 16.6 Å². The van der Waals surface area contributed by atoms with Gasteiger partial charge in [0.25, 0.3) is 5.91 Å². The van der Waals surface area contributed by atoms with Gasteiger partial charge in [0.2, 0.25) is 0 Å². The van der Waals surface area contributed by atoms with Crippen molar-refractivity contribution in [3.8, 4) is 11.7 Å². The van der Waals surface area contributed by atoms with Crippen LogP contribution in [0.3, 0.4) is 0 Å². The van der Waals surface area contributed by atoms with Gasteiger partial charge < -0.3 is 10.1 Å². The summed E-state index contributed by atoms with van der Waals surface area (Å²) in [4.78, 5) is 20.8. The fraction of sp³-hybridized carbons (Fsp3) is 0.300. The molecule has 3 aromatic rings. The number of aromatic nitrogens is 4. The Morgan fingerprint density at radius 3 is 2.64 bits per heavy atom. The fourth-order valence-corrected chi connectivity index (χ4v) is 3.41. The summed E-state index contributed by atoms with van der Waals surface area (Å²) in [6.45, 7) is 0. The van der Waals surface area contributed by atoms with Gasteiger partial charge in [-0.1, -0.05) is 17.7 Å². The van der Waals surface area contributed by atoms with Gasteiger partial charge in [0.05, 0.1) is 23.1 Å². The molecule has 7 nitrogen and oxygen atoms in total. The highest BCUT2D eigenvalue weighted by Crippen LogP contribution is 2.23. The first-order valence-electron chi connectivity index (χ1n) is 9.22. The average Bonchev–Trinajstić information content (AvgIpc) is 3.26. The van der Waals surface area contributed by atoms with Crippen LogP contribution in [0.15, 0.2) is 55.1 Å². The van der Waals surface area contributed by atoms with Gasteiger partial charge in [0.1, 0.15) is 6.10 Å². The molecule has 2 heterocycles. The molecular weight excluding hydrogens is 378 g/mol. The van der Waals surface area contributed by atoms with Gasteiger partial charge in [-0.3, -0.25) is 4.79 Å². The van der Waals surface area contributed by atoms with Gasteiger partial charge in [0, 0.05) is 24.0 Å². The molecule has 1 aliphatic carbocycles. The number of ether oxygens (including phenoxy) is 1. The van der Waals surface area contributed by atoms with E-state index >= 15 is 0 Å². The predicted molar refractivity (Wildman–Crippen MR) is 105 cm³/mol. The van der Waals surface area contributed by atoms with E-state index in [-0.39, 0.29) is 18.1 Å². The Hall–Kier alpha value is -2.93. The smallest absolute Gasteiger partial charge is 0.316 e. The molecule has 0 saturated heterocycles. The molecule has 1 fully saturated rings. The molecule has 1 aliphatic rings. The van der Waals surface area contributed by atoms with Crippen LogP contribution in [-0.4, -0.2) is 37.8 Å². The number of carbonyl (C=O) groups is 1. The van der Waals surface area contributed by atoms with Crippen LogP contribution in [0.25, 0.3) is 5.69 Å². The Morgan fingerprint density at radius 2 is 1.93 bits per heavy atom. The fourth-order valence-electron chi connectivity index (χ4n) is 3.32. The summed E-state index contributed by atoms with van der Waals surface area (Å²) < 4.78 is 7.54. The lowest BCUT2D eigenvalue weighted by Gasteiger charge is -2.28. The number of nitrogens with one attached hydrogen (secondary N) is 1. The summed E-state index contributed by atoms with van der Waals surface area (Å²) >= 11 is 5.79. The minimum Gasteiger partial charge on any atom is -0.460 e. The van der Waals surface area contributed by atoms with Crippen molar-refractivity contribution in [1.82, 2.24) is 25.1 Å². The van der Waals surface area contributed by atoms with Crippen LogP contribution in [-0.2, 0) is 0 Å². The first-order chi connectivity index (χ1) is 13.7. The Morgan fingerprint density at radius 1 is 1.14 bits per heavy atom. The van der Waals surface area contributed by atoms with E-state index in [0.717, 1.165) is 31.4 Å². The van der Waals surface area contributed by atoms with Crippen LogP contribution < -0.4 is 10.1 Å². The minimum absolute atomic E-state index is 0.0532. The van der Waals surface area contributed by atoms with Gasteiger partial charge in [-0.05, 0) is 49.9 Å². The second kappa shape index (κ2) is 8.39. The molecule has 28 heavy (non-hydrogen) atoms. The zero-order chi connectivity index (χ0) is 19.3. The molecule has 0 unspecified atom stereocenters. The molecule has 0 spiro atoms. The Labute approximate surface area is 167 Å². The van der Waals surface area contributed by atoms with Crippen molar-refractivity contribution in [1.29, 1.82) is 0 Å². The Bertz CT molecular complexity index is 922. The third kappa shape index (κ3) is 4.48. The summed E-state index contributed by atoms with van der Waals surface area (Å²) in [7, 11) is 0. The van der Waals surface area contributed by atoms with E-state index in [1.807, 2.05) is 36.5 Å². The number of rotatable bonds is 5. The molecule has 0 aliphatic heterocycles. The summed E-state index contributed by atoms with van der Waals surface area (Å²) in [5.41, 5.74) is 1.48. The van der Waals surface area contributed by atoms with Crippen molar-refractivity contribution in [2.45, 2.75) is 37.8 Å². The zero-order valence-corrected chi connectivity index (χ0v) is 15.9. The molecule has 0 atom stereocenters. The molecule has 4 rings (SSSR count). The van der Waals surface area contributed by atoms with Crippen LogP contribution in [0.4, 0.5) is 0 Å². The molecule has 0 radical (unpaired) electrons. The zero-order valence-electron chi connectivity index (χ0n) is 15.2. The quantitative estimate of drug-likeness (QED) is 0.713. The summed E-state index contributed by atoms with van der Waals surface area (Å²) in [6, 6.07) is 9.76. The summed E-state index contributed by atoms with van der Waals surface area (Å²) in [5.74, 6) is -0.0700. The maximum absolute atomic E-state index is 12.6. The molecule has 1 aromatic carbocycles. The normalized spacial score (nSPS) is 19.2. The first kappa shape index (κ1) is 18.4. The van der Waals surface area contributed by atoms with E-state index in [2.05, 4.69) is 20.4 Å². The Balaban J connectivity index is 1.30. The lowest BCUT2D eigenvalue weighted by atomic mass is 9.92. The van der Waals surface area contributed by atoms with Gasteiger partial charge in [-0.25, -0.2) is 14.6 Å². The highest BCUT2D eigenvalue weighted by Gasteiger charge is 2.24. The molecule has 8 heteroatoms. The van der Waals surface area contributed by atoms with E-state index in [1.54, 1.807) is 10.9 Å². The second-order valence-electron chi connectivity index (χ2n) is 6.75. The third-order valence-electron chi connectivity index (χ3n) is 4.76.